The molecule has 0 aromatic heterocycles. The van der Waals surface area contributed by atoms with Crippen LogP contribution in [0.25, 0.3) is 0 Å². The van der Waals surface area contributed by atoms with Crippen molar-refractivity contribution in [3.8, 4) is 0 Å². The Morgan fingerprint density at radius 1 is 1.11 bits per heavy atom. The van der Waals surface area contributed by atoms with Crippen LogP contribution in [-0.4, -0.2) is 85.5 Å². The van der Waals surface area contributed by atoms with Gasteiger partial charge < -0.3 is 14.5 Å². The van der Waals surface area contributed by atoms with E-state index in [1.807, 2.05) is 28.0 Å². The van der Waals surface area contributed by atoms with E-state index >= 15 is 0 Å². The van der Waals surface area contributed by atoms with E-state index in [-0.39, 0.29) is 23.3 Å². The van der Waals surface area contributed by atoms with Gasteiger partial charge in [-0.2, -0.15) is 0 Å². The molecule has 1 saturated carbocycles. The smallest absolute Gasteiger partial charge is 0.240 e. The van der Waals surface area contributed by atoms with E-state index in [2.05, 4.69) is 17.0 Å². The lowest BCUT2D eigenvalue weighted by molar-refractivity contribution is -0.133. The minimum Gasteiger partial charge on any atom is -0.383 e. The summed E-state index contributed by atoms with van der Waals surface area (Å²) in [7, 11) is 1.67. The van der Waals surface area contributed by atoms with Crippen LogP contribution in [0.1, 0.15) is 31.2 Å². The number of amides is 2. The lowest BCUT2D eigenvalue weighted by Gasteiger charge is -2.28. The first kappa shape index (κ1) is 19.4. The van der Waals surface area contributed by atoms with Crippen molar-refractivity contribution in [2.45, 2.75) is 37.1 Å². The van der Waals surface area contributed by atoms with Crippen molar-refractivity contribution >= 4 is 11.8 Å². The summed E-state index contributed by atoms with van der Waals surface area (Å²) >= 11 is 0. The summed E-state index contributed by atoms with van der Waals surface area (Å²) in [6.07, 6.45) is 3.71. The number of carbonyl (C=O) groups excluding carboxylic acids is 2. The molecule has 1 aliphatic carbocycles. The zero-order valence-corrected chi connectivity index (χ0v) is 16.8. The summed E-state index contributed by atoms with van der Waals surface area (Å²) in [4.78, 5) is 32.3. The monoisotopic (exact) mass is 385 g/mol. The second-order valence-corrected chi connectivity index (χ2v) is 8.25. The lowest BCUT2D eigenvalue weighted by Crippen LogP contribution is -2.45. The van der Waals surface area contributed by atoms with Gasteiger partial charge >= 0.3 is 0 Å². The number of methoxy groups -OCH3 is 1. The van der Waals surface area contributed by atoms with E-state index in [9.17, 15) is 9.59 Å². The van der Waals surface area contributed by atoms with Crippen LogP contribution in [0.4, 0.5) is 0 Å². The highest BCUT2D eigenvalue weighted by Crippen LogP contribution is 2.49. The van der Waals surface area contributed by atoms with E-state index in [1.54, 1.807) is 7.11 Å². The van der Waals surface area contributed by atoms with Gasteiger partial charge in [-0.1, -0.05) is 30.3 Å². The van der Waals surface area contributed by atoms with Crippen molar-refractivity contribution in [3.05, 3.63) is 35.9 Å². The minimum absolute atomic E-state index is 0.0316. The highest BCUT2D eigenvalue weighted by Gasteiger charge is 2.53. The minimum atomic E-state index is -0.295. The average Bonchev–Trinajstić information content (AvgIpc) is 3.50. The first-order valence-electron chi connectivity index (χ1n) is 10.5. The molecule has 6 nitrogen and oxygen atoms in total. The molecule has 2 amide bonds. The van der Waals surface area contributed by atoms with Crippen LogP contribution in [0.5, 0.6) is 0 Å². The molecule has 2 aliphatic heterocycles. The quantitative estimate of drug-likeness (QED) is 0.745. The number of benzene rings is 1. The number of nitrogens with zero attached hydrogens (tertiary/aromatic N) is 3. The molecule has 1 aromatic rings. The van der Waals surface area contributed by atoms with Crippen LogP contribution in [0.2, 0.25) is 0 Å². The standard InChI is InChI=1S/C22H31N3O3/c1-28-17-16-24-13-8-19(20(24)26)23-11-5-12-25(15-14-23)21(27)22(9-10-22)18-6-3-2-4-7-18/h2-4,6-7,19H,5,8-17H2,1H3/t19-/m0/s1. The topological polar surface area (TPSA) is 53.1 Å². The van der Waals surface area contributed by atoms with Gasteiger partial charge in [-0.25, -0.2) is 0 Å². The van der Waals surface area contributed by atoms with Crippen LogP contribution in [-0.2, 0) is 19.7 Å². The maximum atomic E-state index is 13.3. The Labute approximate surface area is 167 Å². The summed E-state index contributed by atoms with van der Waals surface area (Å²) in [5, 5.41) is 0. The maximum Gasteiger partial charge on any atom is 0.240 e. The zero-order chi connectivity index (χ0) is 19.6. The van der Waals surface area contributed by atoms with E-state index in [1.165, 1.54) is 0 Å². The Morgan fingerprint density at radius 3 is 2.61 bits per heavy atom. The van der Waals surface area contributed by atoms with Gasteiger partial charge in [-0.15, -0.1) is 0 Å². The molecule has 28 heavy (non-hydrogen) atoms. The second-order valence-electron chi connectivity index (χ2n) is 8.25. The number of ether oxygens (including phenoxy) is 1. The van der Waals surface area contributed by atoms with E-state index < -0.39 is 0 Å². The van der Waals surface area contributed by atoms with Crippen LogP contribution in [0.3, 0.4) is 0 Å². The highest BCUT2D eigenvalue weighted by atomic mass is 16.5. The largest absolute Gasteiger partial charge is 0.383 e. The Hall–Kier alpha value is -1.92. The molecule has 2 heterocycles. The van der Waals surface area contributed by atoms with Gasteiger partial charge in [-0.05, 0) is 31.2 Å². The van der Waals surface area contributed by atoms with Gasteiger partial charge in [0, 0.05) is 46.4 Å². The van der Waals surface area contributed by atoms with E-state index in [4.69, 9.17) is 4.74 Å². The average molecular weight is 386 g/mol. The van der Waals surface area contributed by atoms with Gasteiger partial charge in [0.1, 0.15) is 0 Å². The molecule has 2 saturated heterocycles. The third-order valence-corrected chi connectivity index (χ3v) is 6.58. The normalized spacial score (nSPS) is 25.0. The molecule has 1 atom stereocenters. The molecular formula is C22H31N3O3. The van der Waals surface area contributed by atoms with Gasteiger partial charge in [0.2, 0.25) is 11.8 Å². The molecule has 152 valence electrons. The van der Waals surface area contributed by atoms with Crippen molar-refractivity contribution in [2.75, 3.05) is 53.0 Å². The predicted molar refractivity (Wildman–Crippen MR) is 107 cm³/mol. The van der Waals surface area contributed by atoms with Gasteiger partial charge in [0.15, 0.2) is 0 Å². The second kappa shape index (κ2) is 8.21. The summed E-state index contributed by atoms with van der Waals surface area (Å²) in [6.45, 7) is 5.24. The highest BCUT2D eigenvalue weighted by molar-refractivity contribution is 5.91. The summed E-state index contributed by atoms with van der Waals surface area (Å²) in [6, 6.07) is 10.2. The molecular weight excluding hydrogens is 354 g/mol. The number of rotatable bonds is 6. The fraction of sp³-hybridized carbons (Fsp3) is 0.636. The molecule has 1 aromatic carbocycles. The third kappa shape index (κ3) is 3.67. The van der Waals surface area contributed by atoms with Crippen molar-refractivity contribution < 1.29 is 14.3 Å². The molecule has 6 heteroatoms. The SMILES string of the molecule is COCCN1CC[C@H](N2CCCN(C(=O)C3(c4ccccc4)CC3)CC2)C1=O. The zero-order valence-electron chi connectivity index (χ0n) is 16.8. The molecule has 4 rings (SSSR count). The van der Waals surface area contributed by atoms with Crippen molar-refractivity contribution in [1.29, 1.82) is 0 Å². The summed E-state index contributed by atoms with van der Waals surface area (Å²) in [5.41, 5.74) is 0.858. The fourth-order valence-electron chi connectivity index (χ4n) is 4.75. The van der Waals surface area contributed by atoms with Gasteiger partial charge in [-0.3, -0.25) is 14.5 Å². The van der Waals surface area contributed by atoms with Gasteiger partial charge in [0.25, 0.3) is 0 Å². The van der Waals surface area contributed by atoms with Crippen LogP contribution < -0.4 is 0 Å². The lowest BCUT2D eigenvalue weighted by atomic mass is 9.94. The van der Waals surface area contributed by atoms with Crippen LogP contribution >= 0.6 is 0 Å². The molecule has 3 fully saturated rings. The molecule has 0 unspecified atom stereocenters. The van der Waals surface area contributed by atoms with Crippen LogP contribution in [0, 0.1) is 0 Å². The molecule has 0 N–H and O–H groups in total. The van der Waals surface area contributed by atoms with Gasteiger partial charge in [0.05, 0.1) is 18.1 Å². The Morgan fingerprint density at radius 2 is 1.89 bits per heavy atom. The maximum absolute atomic E-state index is 13.3. The number of hydrogen-bond acceptors (Lipinski definition) is 4. The third-order valence-electron chi connectivity index (χ3n) is 6.58. The number of hydrogen-bond donors (Lipinski definition) is 0. The van der Waals surface area contributed by atoms with E-state index in [0.717, 1.165) is 64.0 Å². The molecule has 3 aliphatic rings. The molecule has 0 spiro atoms. The Bertz CT molecular complexity index is 704. The molecule has 0 radical (unpaired) electrons. The predicted octanol–water partition coefficient (Wildman–Crippen LogP) is 1.50. The van der Waals surface area contributed by atoms with Crippen molar-refractivity contribution in [1.82, 2.24) is 14.7 Å². The van der Waals surface area contributed by atoms with Crippen LogP contribution in [0.15, 0.2) is 30.3 Å². The summed E-state index contributed by atoms with van der Waals surface area (Å²) in [5.74, 6) is 0.500. The fourth-order valence-corrected chi connectivity index (χ4v) is 4.75. The van der Waals surface area contributed by atoms with E-state index in [0.29, 0.717) is 13.2 Å². The molecule has 0 bridgehead atoms. The van der Waals surface area contributed by atoms with Crippen molar-refractivity contribution in [3.63, 3.8) is 0 Å². The Balaban J connectivity index is 1.37. The Kier molecular flexibility index (Phi) is 5.69. The first-order chi connectivity index (χ1) is 13.7. The number of likely N-dealkylation sites (tertiary alicyclic amines) is 1. The van der Waals surface area contributed by atoms with Crippen molar-refractivity contribution in [2.24, 2.45) is 0 Å². The first-order valence-corrected chi connectivity index (χ1v) is 10.5. The summed E-state index contributed by atoms with van der Waals surface area (Å²) < 4.78 is 5.12. The number of carbonyl (C=O) groups is 2.